The molecule has 1 N–H and O–H groups in total. The van der Waals surface area contributed by atoms with Gasteiger partial charge in [0.2, 0.25) is 0 Å². The van der Waals surface area contributed by atoms with Crippen LogP contribution in [0.1, 0.15) is 25.3 Å². The monoisotopic (exact) mass is 404 g/mol. The Kier molecular flexibility index (Phi) is 3.15. The van der Waals surface area contributed by atoms with E-state index >= 15 is 0 Å². The van der Waals surface area contributed by atoms with Crippen LogP contribution in [0.15, 0.2) is 12.1 Å². The summed E-state index contributed by atoms with van der Waals surface area (Å²) < 4.78 is 23.1. The van der Waals surface area contributed by atoms with Crippen LogP contribution in [0.3, 0.4) is 0 Å². The zero-order chi connectivity index (χ0) is 13.9. The number of H-pyrrole nitrogens is 1. The zero-order valence-electron chi connectivity index (χ0n) is 10.7. The second-order valence-electron chi connectivity index (χ2n) is 5.61. The van der Waals surface area contributed by atoms with Crippen LogP contribution >= 0.6 is 34.8 Å². The number of hydrogen-bond acceptors (Lipinski definition) is 2. The summed E-state index contributed by atoms with van der Waals surface area (Å²) in [5, 5.41) is 0. The summed E-state index contributed by atoms with van der Waals surface area (Å²) in [7, 11) is 0. The number of hydrogen-bond donors (Lipinski definition) is 1. The maximum atomic E-state index is 13.9. The summed E-state index contributed by atoms with van der Waals surface area (Å²) in [6, 6.07) is 3.65. The van der Waals surface area contributed by atoms with Gasteiger partial charge in [0.15, 0.2) is 4.77 Å². The predicted molar refractivity (Wildman–Crippen MR) is 85.9 cm³/mol. The molecule has 2 unspecified atom stereocenters. The zero-order valence-corrected chi connectivity index (χ0v) is 13.7. The van der Waals surface area contributed by atoms with Gasteiger partial charge >= 0.3 is 0 Å². The van der Waals surface area contributed by atoms with Crippen molar-refractivity contribution in [1.82, 2.24) is 9.55 Å². The minimum atomic E-state index is -0.192. The highest BCUT2D eigenvalue weighted by atomic mass is 127. The lowest BCUT2D eigenvalue weighted by atomic mass is 10.1. The van der Waals surface area contributed by atoms with Crippen molar-refractivity contribution < 1.29 is 9.13 Å². The van der Waals surface area contributed by atoms with Gasteiger partial charge in [-0.15, -0.1) is 0 Å². The molecule has 1 saturated carbocycles. The Morgan fingerprint density at radius 3 is 2.90 bits per heavy atom. The van der Waals surface area contributed by atoms with Gasteiger partial charge in [-0.1, -0.05) is 0 Å². The maximum Gasteiger partial charge on any atom is 0.178 e. The van der Waals surface area contributed by atoms with Crippen LogP contribution in [0.2, 0.25) is 0 Å². The summed E-state index contributed by atoms with van der Waals surface area (Å²) >= 11 is 7.47. The molecule has 2 heterocycles. The number of aromatic amines is 1. The number of imidazole rings is 1. The fourth-order valence-electron chi connectivity index (χ4n) is 3.20. The van der Waals surface area contributed by atoms with Crippen LogP contribution in [0.4, 0.5) is 4.39 Å². The number of rotatable bonds is 2. The number of halogens is 2. The highest BCUT2D eigenvalue weighted by Gasteiger charge is 2.42. The van der Waals surface area contributed by atoms with Crippen molar-refractivity contribution in [3.05, 3.63) is 26.3 Å². The van der Waals surface area contributed by atoms with Crippen molar-refractivity contribution >= 4 is 45.8 Å². The second-order valence-corrected chi connectivity index (χ2v) is 7.16. The molecule has 106 valence electrons. The third-order valence-electron chi connectivity index (χ3n) is 4.28. The van der Waals surface area contributed by atoms with Gasteiger partial charge in [-0.2, -0.15) is 0 Å². The van der Waals surface area contributed by atoms with Gasteiger partial charge in [-0.25, -0.2) is 4.39 Å². The van der Waals surface area contributed by atoms with E-state index in [1.165, 1.54) is 12.8 Å². The predicted octanol–water partition coefficient (Wildman–Crippen LogP) is 4.18. The summed E-state index contributed by atoms with van der Waals surface area (Å²) in [6.07, 6.45) is 3.67. The fourth-order valence-corrected chi connectivity index (χ4v) is 4.01. The van der Waals surface area contributed by atoms with E-state index in [2.05, 4.69) is 9.55 Å². The van der Waals surface area contributed by atoms with E-state index in [0.717, 1.165) is 24.1 Å². The average Bonchev–Trinajstić information content (AvgIpc) is 3.06. The number of benzene rings is 1. The fraction of sp³-hybridized carbons (Fsp3) is 0.500. The highest BCUT2D eigenvalue weighted by molar-refractivity contribution is 14.1. The smallest absolute Gasteiger partial charge is 0.178 e. The molecule has 2 fully saturated rings. The van der Waals surface area contributed by atoms with Crippen LogP contribution in [0, 0.1) is 20.1 Å². The van der Waals surface area contributed by atoms with Crippen molar-refractivity contribution in [2.75, 3.05) is 6.61 Å². The van der Waals surface area contributed by atoms with E-state index in [9.17, 15) is 4.39 Å². The molecule has 2 aromatic rings. The van der Waals surface area contributed by atoms with Gasteiger partial charge in [-0.3, -0.25) is 0 Å². The largest absolute Gasteiger partial charge is 0.376 e. The van der Waals surface area contributed by atoms with E-state index in [1.54, 1.807) is 6.07 Å². The van der Waals surface area contributed by atoms with Gasteiger partial charge in [-0.05, 0) is 66.1 Å². The number of ether oxygens (including phenoxy) is 1. The van der Waals surface area contributed by atoms with Gasteiger partial charge in [0.1, 0.15) is 5.82 Å². The molecule has 20 heavy (non-hydrogen) atoms. The van der Waals surface area contributed by atoms with E-state index in [4.69, 9.17) is 17.0 Å². The van der Waals surface area contributed by atoms with Crippen molar-refractivity contribution in [3.8, 4) is 0 Å². The summed E-state index contributed by atoms with van der Waals surface area (Å²) in [6.45, 7) is 0.771. The number of nitrogens with zero attached hydrogens (tertiary/aromatic N) is 1. The van der Waals surface area contributed by atoms with Crippen LogP contribution in [0.5, 0.6) is 0 Å². The summed E-state index contributed by atoms with van der Waals surface area (Å²) in [5.41, 5.74) is 1.76. The summed E-state index contributed by atoms with van der Waals surface area (Å²) in [5.74, 6) is 0.464. The number of fused-ring (bicyclic) bond motifs is 1. The van der Waals surface area contributed by atoms with Gasteiger partial charge in [0, 0.05) is 12.7 Å². The second kappa shape index (κ2) is 4.78. The number of nitrogens with one attached hydrogen (secondary N) is 1. The highest BCUT2D eigenvalue weighted by Crippen LogP contribution is 2.44. The molecule has 1 aliphatic heterocycles. The average molecular weight is 404 g/mol. The Bertz CT molecular complexity index is 737. The molecule has 3 nitrogen and oxygen atoms in total. The number of aromatic nitrogens is 2. The third-order valence-corrected chi connectivity index (χ3v) is 5.41. The molecule has 6 heteroatoms. The van der Waals surface area contributed by atoms with E-state index in [0.29, 0.717) is 14.3 Å². The standard InChI is InChI=1S/C14H14FIN2OS/c15-8-5-12-10(6-9(8)16)17-14(20)18(12)11-3-4-19-13(11)7-1-2-7/h5-7,11,13H,1-4H2,(H,17,20). The molecule has 2 aliphatic rings. The van der Waals surface area contributed by atoms with E-state index in [-0.39, 0.29) is 18.0 Å². The van der Waals surface area contributed by atoms with Crippen molar-refractivity contribution in [2.45, 2.75) is 31.4 Å². The Morgan fingerprint density at radius 2 is 2.15 bits per heavy atom. The first-order valence-corrected chi connectivity index (χ1v) is 8.34. The van der Waals surface area contributed by atoms with Gasteiger partial charge < -0.3 is 14.3 Å². The first kappa shape index (κ1) is 13.2. The Labute approximate surface area is 134 Å². The van der Waals surface area contributed by atoms with Gasteiger partial charge in [0.25, 0.3) is 0 Å². The molecule has 0 bridgehead atoms. The first-order valence-electron chi connectivity index (χ1n) is 6.86. The molecule has 1 aliphatic carbocycles. The molecule has 0 amide bonds. The molecular weight excluding hydrogens is 390 g/mol. The third kappa shape index (κ3) is 2.03. The van der Waals surface area contributed by atoms with Crippen LogP contribution in [0.25, 0.3) is 11.0 Å². The minimum absolute atomic E-state index is 0.192. The lowest BCUT2D eigenvalue weighted by Gasteiger charge is -2.20. The molecule has 1 aromatic carbocycles. The lowest BCUT2D eigenvalue weighted by molar-refractivity contribution is 0.0756. The molecule has 0 spiro atoms. The van der Waals surface area contributed by atoms with Gasteiger partial charge in [0.05, 0.1) is 26.7 Å². The summed E-state index contributed by atoms with van der Waals surface area (Å²) in [4.78, 5) is 3.20. The van der Waals surface area contributed by atoms with Crippen LogP contribution in [-0.2, 0) is 4.74 Å². The van der Waals surface area contributed by atoms with Crippen molar-refractivity contribution in [3.63, 3.8) is 0 Å². The lowest BCUT2D eigenvalue weighted by Crippen LogP contribution is -2.22. The molecule has 4 rings (SSSR count). The van der Waals surface area contributed by atoms with E-state index < -0.39 is 0 Å². The molecule has 1 saturated heterocycles. The minimum Gasteiger partial charge on any atom is -0.376 e. The molecule has 2 atom stereocenters. The normalized spacial score (nSPS) is 26.5. The maximum absolute atomic E-state index is 13.9. The molecule has 0 radical (unpaired) electrons. The SMILES string of the molecule is Fc1cc2c(cc1I)[nH]c(=S)n2C1CCOC1C1CC1. The van der Waals surface area contributed by atoms with Crippen LogP contribution < -0.4 is 0 Å². The Hall–Kier alpha value is -0.470. The molecular formula is C14H14FIN2OS. The van der Waals surface area contributed by atoms with Crippen LogP contribution in [-0.4, -0.2) is 22.3 Å². The quantitative estimate of drug-likeness (QED) is 0.601. The first-order chi connectivity index (χ1) is 9.65. The molecule has 1 aromatic heterocycles. The van der Waals surface area contributed by atoms with E-state index in [1.807, 2.05) is 28.7 Å². The van der Waals surface area contributed by atoms with Crippen molar-refractivity contribution in [1.29, 1.82) is 0 Å². The Morgan fingerprint density at radius 1 is 1.35 bits per heavy atom. The topological polar surface area (TPSA) is 29.9 Å². The van der Waals surface area contributed by atoms with Crippen molar-refractivity contribution in [2.24, 2.45) is 5.92 Å². The Balaban J connectivity index is 1.88.